The van der Waals surface area contributed by atoms with Crippen molar-refractivity contribution >= 4 is 11.8 Å². The van der Waals surface area contributed by atoms with E-state index in [2.05, 4.69) is 10.4 Å². The number of nitrogens with zero attached hydrogens (tertiary/aromatic N) is 3. The molecule has 0 bridgehead atoms. The summed E-state index contributed by atoms with van der Waals surface area (Å²) in [5.74, 6) is -0.0837. The summed E-state index contributed by atoms with van der Waals surface area (Å²) < 4.78 is 1.84. The first kappa shape index (κ1) is 15.5. The monoisotopic (exact) mass is 292 g/mol. The normalized spacial score (nSPS) is 26.7. The summed E-state index contributed by atoms with van der Waals surface area (Å²) in [6.07, 6.45) is 4.65. The maximum Gasteiger partial charge on any atom is 0.248 e. The molecule has 0 radical (unpaired) electrons. The molecule has 2 atom stereocenters. The predicted octanol–water partition coefficient (Wildman–Crippen LogP) is 1.31. The van der Waals surface area contributed by atoms with Gasteiger partial charge < -0.3 is 10.2 Å². The van der Waals surface area contributed by atoms with Gasteiger partial charge in [0, 0.05) is 37.3 Å². The van der Waals surface area contributed by atoms with Crippen molar-refractivity contribution in [1.82, 2.24) is 20.0 Å². The molecular weight excluding hydrogens is 268 g/mol. The Balaban J connectivity index is 2.25. The fourth-order valence-electron chi connectivity index (χ4n) is 2.63. The molecule has 6 nitrogen and oxygen atoms in total. The van der Waals surface area contributed by atoms with Crippen molar-refractivity contribution < 1.29 is 9.59 Å². The Kier molecular flexibility index (Phi) is 4.34. The van der Waals surface area contributed by atoms with Gasteiger partial charge in [-0.25, -0.2) is 0 Å². The van der Waals surface area contributed by atoms with Gasteiger partial charge in [-0.2, -0.15) is 5.10 Å². The minimum atomic E-state index is -0.817. The standard InChI is InChI=1S/C15H24N4O2/c1-5-15(4)14(21)19(11(3)7-13(20)17-15)10-12-8-16-18(6-2)9-12/h8-9,11H,5-7,10H2,1-4H3,(H,17,20). The molecule has 0 saturated carbocycles. The Morgan fingerprint density at radius 3 is 2.71 bits per heavy atom. The molecule has 1 aromatic rings. The number of hydrogen-bond donors (Lipinski definition) is 1. The number of rotatable bonds is 4. The van der Waals surface area contributed by atoms with E-state index in [1.165, 1.54) is 0 Å². The second-order valence-electron chi connectivity index (χ2n) is 5.92. The lowest BCUT2D eigenvalue weighted by atomic mass is 9.97. The highest BCUT2D eigenvalue weighted by Gasteiger charge is 2.41. The lowest BCUT2D eigenvalue weighted by Crippen LogP contribution is -2.55. The Morgan fingerprint density at radius 1 is 1.43 bits per heavy atom. The molecule has 6 heteroatoms. The molecule has 21 heavy (non-hydrogen) atoms. The quantitative estimate of drug-likeness (QED) is 0.910. The second-order valence-corrected chi connectivity index (χ2v) is 5.92. The maximum absolute atomic E-state index is 12.8. The largest absolute Gasteiger partial charge is 0.342 e. The van der Waals surface area contributed by atoms with E-state index >= 15 is 0 Å². The lowest BCUT2D eigenvalue weighted by molar-refractivity contribution is -0.140. The molecule has 2 heterocycles. The van der Waals surface area contributed by atoms with Crippen molar-refractivity contribution in [3.63, 3.8) is 0 Å². The highest BCUT2D eigenvalue weighted by atomic mass is 16.2. The number of aromatic nitrogens is 2. The van der Waals surface area contributed by atoms with E-state index in [0.717, 1.165) is 12.1 Å². The third-order valence-corrected chi connectivity index (χ3v) is 4.23. The van der Waals surface area contributed by atoms with Gasteiger partial charge in [0.25, 0.3) is 0 Å². The van der Waals surface area contributed by atoms with Gasteiger partial charge >= 0.3 is 0 Å². The number of hydrogen-bond acceptors (Lipinski definition) is 3. The van der Waals surface area contributed by atoms with E-state index in [0.29, 0.717) is 19.4 Å². The van der Waals surface area contributed by atoms with Crippen LogP contribution in [0.5, 0.6) is 0 Å². The number of carbonyl (C=O) groups excluding carboxylic acids is 2. The molecule has 0 aromatic carbocycles. The van der Waals surface area contributed by atoms with Crippen molar-refractivity contribution in [3.05, 3.63) is 18.0 Å². The minimum absolute atomic E-state index is 0.0207. The van der Waals surface area contributed by atoms with Gasteiger partial charge in [-0.1, -0.05) is 6.92 Å². The summed E-state index contributed by atoms with van der Waals surface area (Å²) in [4.78, 5) is 26.6. The average molecular weight is 292 g/mol. The van der Waals surface area contributed by atoms with Crippen molar-refractivity contribution in [2.45, 2.75) is 65.2 Å². The molecule has 0 aliphatic carbocycles. The van der Waals surface area contributed by atoms with E-state index in [-0.39, 0.29) is 17.9 Å². The molecule has 2 rings (SSSR count). The molecule has 2 unspecified atom stereocenters. The van der Waals surface area contributed by atoms with E-state index in [4.69, 9.17) is 0 Å². The van der Waals surface area contributed by atoms with Crippen LogP contribution in [0.25, 0.3) is 0 Å². The van der Waals surface area contributed by atoms with Crippen molar-refractivity contribution in [2.24, 2.45) is 0 Å². The van der Waals surface area contributed by atoms with Crippen molar-refractivity contribution in [1.29, 1.82) is 0 Å². The zero-order valence-electron chi connectivity index (χ0n) is 13.2. The van der Waals surface area contributed by atoms with Gasteiger partial charge in [-0.15, -0.1) is 0 Å². The summed E-state index contributed by atoms with van der Waals surface area (Å²) in [5.41, 5.74) is 0.174. The molecule has 1 saturated heterocycles. The molecule has 1 aliphatic heterocycles. The molecule has 1 aromatic heterocycles. The Morgan fingerprint density at radius 2 is 2.14 bits per heavy atom. The number of aryl methyl sites for hydroxylation is 1. The summed E-state index contributed by atoms with van der Waals surface area (Å²) in [6.45, 7) is 8.95. The van der Waals surface area contributed by atoms with E-state index in [9.17, 15) is 9.59 Å². The van der Waals surface area contributed by atoms with Crippen LogP contribution in [0.1, 0.15) is 46.1 Å². The van der Waals surface area contributed by atoms with E-state index in [1.807, 2.05) is 31.6 Å². The number of carbonyl (C=O) groups is 2. The fraction of sp³-hybridized carbons (Fsp3) is 0.667. The Hall–Kier alpha value is -1.85. The first-order valence-corrected chi connectivity index (χ1v) is 7.53. The zero-order chi connectivity index (χ0) is 15.6. The molecular formula is C15H24N4O2. The van der Waals surface area contributed by atoms with Crippen LogP contribution in [0.2, 0.25) is 0 Å². The van der Waals surface area contributed by atoms with Crippen LogP contribution in [-0.2, 0) is 22.7 Å². The van der Waals surface area contributed by atoms with Crippen LogP contribution >= 0.6 is 0 Å². The van der Waals surface area contributed by atoms with Crippen LogP contribution < -0.4 is 5.32 Å². The topological polar surface area (TPSA) is 67.2 Å². The number of amides is 2. The van der Waals surface area contributed by atoms with Crippen LogP contribution in [0.4, 0.5) is 0 Å². The van der Waals surface area contributed by atoms with Gasteiger partial charge in [0.05, 0.1) is 6.20 Å². The van der Waals surface area contributed by atoms with Gasteiger partial charge in [-0.05, 0) is 27.2 Å². The highest BCUT2D eigenvalue weighted by molar-refractivity contribution is 5.93. The van der Waals surface area contributed by atoms with Gasteiger partial charge in [0.15, 0.2) is 0 Å². The summed E-state index contributed by atoms with van der Waals surface area (Å²) in [5, 5.41) is 7.11. The SMILES string of the molecule is CCn1cc(CN2C(=O)C(C)(CC)NC(=O)CC2C)cn1. The minimum Gasteiger partial charge on any atom is -0.342 e. The van der Waals surface area contributed by atoms with Gasteiger partial charge in [0.2, 0.25) is 11.8 Å². The fourth-order valence-corrected chi connectivity index (χ4v) is 2.63. The third-order valence-electron chi connectivity index (χ3n) is 4.23. The lowest BCUT2D eigenvalue weighted by Gasteiger charge is -2.33. The molecule has 1 N–H and O–H groups in total. The van der Waals surface area contributed by atoms with Crippen LogP contribution in [0.15, 0.2) is 12.4 Å². The van der Waals surface area contributed by atoms with Crippen LogP contribution in [-0.4, -0.2) is 38.1 Å². The molecule has 2 amide bonds. The summed E-state index contributed by atoms with van der Waals surface area (Å²) in [7, 11) is 0. The number of nitrogens with one attached hydrogen (secondary N) is 1. The Labute approximate surface area is 125 Å². The van der Waals surface area contributed by atoms with E-state index in [1.54, 1.807) is 18.0 Å². The third kappa shape index (κ3) is 3.09. The summed E-state index contributed by atoms with van der Waals surface area (Å²) >= 11 is 0. The predicted molar refractivity (Wildman–Crippen MR) is 79.4 cm³/mol. The van der Waals surface area contributed by atoms with Crippen molar-refractivity contribution in [3.8, 4) is 0 Å². The molecule has 1 aliphatic rings. The summed E-state index contributed by atoms with van der Waals surface area (Å²) in [6, 6.07) is -0.115. The Bertz CT molecular complexity index is 540. The van der Waals surface area contributed by atoms with E-state index < -0.39 is 5.54 Å². The zero-order valence-corrected chi connectivity index (χ0v) is 13.2. The smallest absolute Gasteiger partial charge is 0.248 e. The molecule has 0 spiro atoms. The van der Waals surface area contributed by atoms with Gasteiger partial charge in [0.1, 0.15) is 5.54 Å². The maximum atomic E-state index is 12.8. The van der Waals surface area contributed by atoms with Crippen LogP contribution in [0.3, 0.4) is 0 Å². The highest BCUT2D eigenvalue weighted by Crippen LogP contribution is 2.23. The average Bonchev–Trinajstić information content (AvgIpc) is 2.88. The first-order chi connectivity index (χ1) is 9.89. The van der Waals surface area contributed by atoms with Gasteiger partial charge in [-0.3, -0.25) is 14.3 Å². The second kappa shape index (κ2) is 5.87. The molecule has 116 valence electrons. The van der Waals surface area contributed by atoms with Crippen LogP contribution in [0, 0.1) is 0 Å². The van der Waals surface area contributed by atoms with Crippen molar-refractivity contribution in [2.75, 3.05) is 0 Å². The molecule has 1 fully saturated rings. The first-order valence-electron chi connectivity index (χ1n) is 7.53.